The quantitative estimate of drug-likeness (QED) is 0.236. The van der Waals surface area contributed by atoms with Gasteiger partial charge in [0.05, 0.1) is 0 Å². The molecular formula is C28H24F2OS2. The van der Waals surface area contributed by atoms with Gasteiger partial charge in [0.2, 0.25) is 0 Å². The summed E-state index contributed by atoms with van der Waals surface area (Å²) in [7, 11) is 0. The van der Waals surface area contributed by atoms with Crippen molar-refractivity contribution in [1.29, 1.82) is 0 Å². The highest BCUT2D eigenvalue weighted by atomic mass is 32.2. The lowest BCUT2D eigenvalue weighted by atomic mass is 9.98. The van der Waals surface area contributed by atoms with Gasteiger partial charge < -0.3 is 4.74 Å². The second-order valence-corrected chi connectivity index (χ2v) is 9.31. The summed E-state index contributed by atoms with van der Waals surface area (Å²) in [6.45, 7) is 0. The van der Waals surface area contributed by atoms with Gasteiger partial charge in [-0.05, 0) is 83.3 Å². The molecule has 0 radical (unpaired) electrons. The van der Waals surface area contributed by atoms with Crippen LogP contribution in [-0.4, -0.2) is 12.5 Å². The number of rotatable bonds is 8. The lowest BCUT2D eigenvalue weighted by molar-refractivity contribution is 0.0305. The smallest absolute Gasteiger partial charge is 0.123 e. The van der Waals surface area contributed by atoms with Crippen LogP contribution in [0.3, 0.4) is 0 Å². The van der Waals surface area contributed by atoms with E-state index in [9.17, 15) is 8.78 Å². The number of hydrogen-bond acceptors (Lipinski definition) is 3. The van der Waals surface area contributed by atoms with E-state index < -0.39 is 12.2 Å². The summed E-state index contributed by atoms with van der Waals surface area (Å²) in [4.78, 5) is 2.26. The van der Waals surface area contributed by atoms with Gasteiger partial charge in [-0.15, -0.1) is 23.5 Å². The monoisotopic (exact) mass is 478 g/mol. The van der Waals surface area contributed by atoms with Crippen molar-refractivity contribution in [2.24, 2.45) is 0 Å². The maximum absolute atomic E-state index is 14.2. The van der Waals surface area contributed by atoms with Gasteiger partial charge in [-0.1, -0.05) is 48.5 Å². The maximum atomic E-state index is 14.2. The Labute approximate surface area is 202 Å². The second-order valence-electron chi connectivity index (χ2n) is 7.55. The molecule has 0 N–H and O–H groups in total. The van der Waals surface area contributed by atoms with Gasteiger partial charge in [-0.2, -0.15) is 0 Å². The summed E-state index contributed by atoms with van der Waals surface area (Å²) in [5, 5.41) is 0. The van der Waals surface area contributed by atoms with E-state index in [0.717, 1.165) is 20.9 Å². The molecule has 33 heavy (non-hydrogen) atoms. The summed E-state index contributed by atoms with van der Waals surface area (Å²) in [6.07, 6.45) is 2.97. The fourth-order valence-corrected chi connectivity index (χ4v) is 4.55. The van der Waals surface area contributed by atoms with Gasteiger partial charge in [-0.25, -0.2) is 8.78 Å². The highest BCUT2D eigenvalue weighted by molar-refractivity contribution is 7.98. The molecule has 4 aromatic carbocycles. The molecule has 0 saturated heterocycles. The van der Waals surface area contributed by atoms with Gasteiger partial charge in [0.25, 0.3) is 0 Å². The van der Waals surface area contributed by atoms with Crippen LogP contribution in [0.15, 0.2) is 107 Å². The number of halogens is 2. The zero-order valence-corrected chi connectivity index (χ0v) is 20.0. The van der Waals surface area contributed by atoms with Crippen LogP contribution in [0.5, 0.6) is 0 Å². The van der Waals surface area contributed by atoms with E-state index in [0.29, 0.717) is 11.1 Å². The van der Waals surface area contributed by atoms with E-state index in [1.807, 2.05) is 73.2 Å². The SMILES string of the molecule is CSc1ccc(C(OC(c2ccc(SC)cc2)c2cccc(F)c2)c2cccc(F)c2)cc1. The Morgan fingerprint density at radius 2 is 0.939 bits per heavy atom. The summed E-state index contributed by atoms with van der Waals surface area (Å²) in [5.74, 6) is -0.651. The third-order valence-electron chi connectivity index (χ3n) is 5.41. The normalized spacial score (nSPS) is 13.0. The van der Waals surface area contributed by atoms with E-state index in [2.05, 4.69) is 0 Å². The lowest BCUT2D eigenvalue weighted by Crippen LogP contribution is -2.14. The molecule has 0 amide bonds. The third-order valence-corrected chi connectivity index (χ3v) is 6.90. The molecule has 5 heteroatoms. The first-order valence-electron chi connectivity index (χ1n) is 10.5. The molecule has 0 spiro atoms. The Kier molecular flexibility index (Phi) is 7.86. The van der Waals surface area contributed by atoms with Crippen LogP contribution in [0.4, 0.5) is 8.78 Å². The minimum atomic E-state index is -0.537. The van der Waals surface area contributed by atoms with Crippen LogP contribution in [0, 0.1) is 11.6 Å². The fourth-order valence-electron chi connectivity index (χ4n) is 3.73. The highest BCUT2D eigenvalue weighted by Gasteiger charge is 2.24. The third kappa shape index (κ3) is 5.85. The number of thioether (sulfide) groups is 2. The molecule has 4 aromatic rings. The first-order chi connectivity index (χ1) is 16.1. The summed E-state index contributed by atoms with van der Waals surface area (Å²) in [6, 6.07) is 29.0. The number of hydrogen-bond donors (Lipinski definition) is 0. The average molecular weight is 479 g/mol. The minimum absolute atomic E-state index is 0.325. The van der Waals surface area contributed by atoms with Gasteiger partial charge >= 0.3 is 0 Å². The van der Waals surface area contributed by atoms with Crippen molar-refractivity contribution in [3.05, 3.63) is 131 Å². The van der Waals surface area contributed by atoms with Crippen LogP contribution in [-0.2, 0) is 4.74 Å². The van der Waals surface area contributed by atoms with E-state index >= 15 is 0 Å². The van der Waals surface area contributed by atoms with E-state index in [-0.39, 0.29) is 11.6 Å². The van der Waals surface area contributed by atoms with Crippen molar-refractivity contribution in [3.8, 4) is 0 Å². The maximum Gasteiger partial charge on any atom is 0.123 e. The van der Waals surface area contributed by atoms with Gasteiger partial charge in [0.15, 0.2) is 0 Å². The van der Waals surface area contributed by atoms with Crippen molar-refractivity contribution in [2.45, 2.75) is 22.0 Å². The molecule has 4 rings (SSSR count). The van der Waals surface area contributed by atoms with Crippen LogP contribution in [0.2, 0.25) is 0 Å². The molecule has 0 aliphatic heterocycles. The van der Waals surface area contributed by atoms with Gasteiger partial charge in [0.1, 0.15) is 23.8 Å². The number of benzene rings is 4. The molecule has 0 aliphatic rings. The molecule has 0 aliphatic carbocycles. The summed E-state index contributed by atoms with van der Waals surface area (Å²) >= 11 is 3.31. The zero-order chi connectivity index (χ0) is 23.2. The van der Waals surface area contributed by atoms with Crippen molar-refractivity contribution in [2.75, 3.05) is 12.5 Å². The van der Waals surface area contributed by atoms with Crippen molar-refractivity contribution in [3.63, 3.8) is 0 Å². The number of ether oxygens (including phenoxy) is 1. The van der Waals surface area contributed by atoms with Gasteiger partial charge in [-0.3, -0.25) is 0 Å². The highest BCUT2D eigenvalue weighted by Crippen LogP contribution is 2.37. The van der Waals surface area contributed by atoms with Crippen LogP contribution in [0.1, 0.15) is 34.5 Å². The molecule has 0 fully saturated rings. The Morgan fingerprint density at radius 3 is 1.27 bits per heavy atom. The van der Waals surface area contributed by atoms with Crippen molar-refractivity contribution < 1.29 is 13.5 Å². The Balaban J connectivity index is 1.80. The molecule has 1 nitrogen and oxygen atoms in total. The predicted molar refractivity (Wildman–Crippen MR) is 134 cm³/mol. The Morgan fingerprint density at radius 1 is 0.545 bits per heavy atom. The van der Waals surface area contributed by atoms with E-state index in [1.165, 1.54) is 24.3 Å². The largest absolute Gasteiger partial charge is 0.356 e. The Bertz CT molecular complexity index is 1100. The molecule has 0 aromatic heterocycles. The van der Waals surface area contributed by atoms with Crippen LogP contribution >= 0.6 is 23.5 Å². The standard InChI is InChI=1S/C28H24F2OS2/c1-32-25-13-9-19(10-14-25)27(21-5-3-7-23(29)17-21)31-28(22-6-4-8-24(30)18-22)20-11-15-26(33-2)16-12-20/h3-18,27-28H,1-2H3. The topological polar surface area (TPSA) is 9.23 Å². The molecule has 0 bridgehead atoms. The summed E-state index contributed by atoms with van der Waals surface area (Å²) < 4.78 is 35.0. The predicted octanol–water partition coefficient (Wildman–Crippen LogP) is 8.30. The second kappa shape index (κ2) is 11.0. The van der Waals surface area contributed by atoms with Crippen LogP contribution < -0.4 is 0 Å². The Hall–Kier alpha value is -2.60. The van der Waals surface area contributed by atoms with E-state index in [1.54, 1.807) is 35.7 Å². The average Bonchev–Trinajstić information content (AvgIpc) is 2.85. The molecule has 168 valence electrons. The molecule has 2 unspecified atom stereocenters. The molecule has 0 saturated carbocycles. The van der Waals surface area contributed by atoms with Crippen molar-refractivity contribution in [1.82, 2.24) is 0 Å². The van der Waals surface area contributed by atoms with Crippen LogP contribution in [0.25, 0.3) is 0 Å². The zero-order valence-electron chi connectivity index (χ0n) is 18.4. The fraction of sp³-hybridized carbons (Fsp3) is 0.143. The molecule has 0 heterocycles. The lowest BCUT2D eigenvalue weighted by Gasteiger charge is -2.27. The first kappa shape index (κ1) is 23.6. The first-order valence-corrected chi connectivity index (χ1v) is 13.0. The minimum Gasteiger partial charge on any atom is -0.356 e. The van der Waals surface area contributed by atoms with E-state index in [4.69, 9.17) is 4.74 Å². The van der Waals surface area contributed by atoms with Gasteiger partial charge in [0, 0.05) is 9.79 Å². The van der Waals surface area contributed by atoms with Crippen molar-refractivity contribution >= 4 is 23.5 Å². The molecule has 2 atom stereocenters. The summed E-state index contributed by atoms with van der Waals surface area (Å²) in [5.41, 5.74) is 3.21. The molecular weight excluding hydrogens is 454 g/mol.